The van der Waals surface area contributed by atoms with Crippen molar-refractivity contribution in [2.45, 2.75) is 6.54 Å². The number of thiazole rings is 1. The van der Waals surface area contributed by atoms with Crippen LogP contribution in [-0.2, 0) is 6.54 Å². The smallest absolute Gasteiger partial charge is 0.260 e. The second-order valence-corrected chi connectivity index (χ2v) is 7.32. The van der Waals surface area contributed by atoms with Crippen LogP contribution in [0, 0.1) is 0 Å². The van der Waals surface area contributed by atoms with E-state index in [1.165, 1.54) is 11.3 Å². The van der Waals surface area contributed by atoms with Gasteiger partial charge in [0.25, 0.3) is 5.91 Å². The van der Waals surface area contributed by atoms with Gasteiger partial charge in [0, 0.05) is 24.0 Å². The number of fused-ring (bicyclic) bond motifs is 1. The number of hydrogen-bond donors (Lipinski definition) is 0. The molecule has 0 atom stereocenters. The third-order valence-corrected chi connectivity index (χ3v) is 5.52. The lowest BCUT2D eigenvalue weighted by atomic mass is 10.2. The van der Waals surface area contributed by atoms with Crippen molar-refractivity contribution in [3.8, 4) is 11.5 Å². The SMILES string of the molecule is COc1ccc(C(=O)N(Cc2cccnc2)c2nc3cc(OC)ccc3s2)cc1. The maximum absolute atomic E-state index is 13.4. The minimum Gasteiger partial charge on any atom is -0.497 e. The van der Waals surface area contributed by atoms with Gasteiger partial charge in [-0.1, -0.05) is 17.4 Å². The second-order valence-electron chi connectivity index (χ2n) is 6.31. The van der Waals surface area contributed by atoms with E-state index in [4.69, 9.17) is 14.5 Å². The molecule has 2 heterocycles. The van der Waals surface area contributed by atoms with E-state index in [-0.39, 0.29) is 5.91 Å². The van der Waals surface area contributed by atoms with Gasteiger partial charge < -0.3 is 9.47 Å². The lowest BCUT2D eigenvalue weighted by Gasteiger charge is -2.20. The van der Waals surface area contributed by atoms with Crippen LogP contribution in [0.25, 0.3) is 10.2 Å². The topological polar surface area (TPSA) is 64.5 Å². The Morgan fingerprint density at radius 1 is 1.03 bits per heavy atom. The van der Waals surface area contributed by atoms with Crippen LogP contribution in [0.1, 0.15) is 15.9 Å². The largest absolute Gasteiger partial charge is 0.497 e. The van der Waals surface area contributed by atoms with Crippen LogP contribution in [0.2, 0.25) is 0 Å². The third kappa shape index (κ3) is 4.05. The first-order valence-electron chi connectivity index (χ1n) is 8.97. The third-order valence-electron chi connectivity index (χ3n) is 4.46. The fourth-order valence-corrected chi connectivity index (χ4v) is 3.87. The van der Waals surface area contributed by atoms with E-state index >= 15 is 0 Å². The number of hydrogen-bond acceptors (Lipinski definition) is 6. The van der Waals surface area contributed by atoms with E-state index in [1.54, 1.807) is 55.8 Å². The normalized spacial score (nSPS) is 10.7. The minimum absolute atomic E-state index is 0.137. The van der Waals surface area contributed by atoms with Gasteiger partial charge in [0.1, 0.15) is 11.5 Å². The van der Waals surface area contributed by atoms with Crippen molar-refractivity contribution in [2.75, 3.05) is 19.1 Å². The number of pyridine rings is 1. The van der Waals surface area contributed by atoms with Crippen molar-refractivity contribution in [1.29, 1.82) is 0 Å². The zero-order valence-corrected chi connectivity index (χ0v) is 16.8. The Kier molecular flexibility index (Phi) is 5.39. The van der Waals surface area contributed by atoms with Gasteiger partial charge >= 0.3 is 0 Å². The number of anilines is 1. The molecule has 0 N–H and O–H groups in total. The molecule has 0 unspecified atom stereocenters. The predicted octanol–water partition coefficient (Wildman–Crippen LogP) is 4.56. The van der Waals surface area contributed by atoms with Crippen molar-refractivity contribution >= 4 is 32.6 Å². The van der Waals surface area contributed by atoms with Gasteiger partial charge in [0.15, 0.2) is 5.13 Å². The van der Waals surface area contributed by atoms with Crippen molar-refractivity contribution < 1.29 is 14.3 Å². The average molecular weight is 405 g/mol. The quantitative estimate of drug-likeness (QED) is 0.471. The number of benzene rings is 2. The van der Waals surface area contributed by atoms with Crippen molar-refractivity contribution in [3.63, 3.8) is 0 Å². The summed E-state index contributed by atoms with van der Waals surface area (Å²) in [5, 5.41) is 0.623. The van der Waals surface area contributed by atoms with E-state index in [2.05, 4.69) is 4.98 Å². The number of amides is 1. The van der Waals surface area contributed by atoms with E-state index in [1.807, 2.05) is 30.3 Å². The van der Waals surface area contributed by atoms with E-state index < -0.39 is 0 Å². The number of ether oxygens (including phenoxy) is 2. The summed E-state index contributed by atoms with van der Waals surface area (Å²) in [5.74, 6) is 1.30. The van der Waals surface area contributed by atoms with Gasteiger partial charge in [0.2, 0.25) is 0 Å². The van der Waals surface area contributed by atoms with E-state index in [9.17, 15) is 4.79 Å². The Bertz CT molecular complexity index is 1130. The molecule has 29 heavy (non-hydrogen) atoms. The molecule has 146 valence electrons. The molecule has 0 aliphatic rings. The highest BCUT2D eigenvalue weighted by atomic mass is 32.1. The van der Waals surface area contributed by atoms with Crippen molar-refractivity contribution in [1.82, 2.24) is 9.97 Å². The summed E-state index contributed by atoms with van der Waals surface area (Å²) >= 11 is 1.47. The Morgan fingerprint density at radius 2 is 1.79 bits per heavy atom. The average Bonchev–Trinajstić information content (AvgIpc) is 3.20. The monoisotopic (exact) mass is 405 g/mol. The maximum atomic E-state index is 13.4. The lowest BCUT2D eigenvalue weighted by molar-refractivity contribution is 0.0985. The van der Waals surface area contributed by atoms with Gasteiger partial charge in [-0.05, 0) is 48.0 Å². The number of aromatic nitrogens is 2. The minimum atomic E-state index is -0.137. The summed E-state index contributed by atoms with van der Waals surface area (Å²) < 4.78 is 11.5. The van der Waals surface area contributed by atoms with Crippen LogP contribution in [-0.4, -0.2) is 30.1 Å². The second kappa shape index (κ2) is 8.28. The molecule has 0 aliphatic heterocycles. The van der Waals surface area contributed by atoms with Gasteiger partial charge in [-0.2, -0.15) is 0 Å². The summed E-state index contributed by atoms with van der Waals surface area (Å²) in [6, 6.07) is 16.6. The van der Waals surface area contributed by atoms with E-state index in [0.29, 0.717) is 23.0 Å². The van der Waals surface area contributed by atoms with Crippen LogP contribution < -0.4 is 14.4 Å². The first-order chi connectivity index (χ1) is 14.2. The molecule has 6 nitrogen and oxygen atoms in total. The summed E-state index contributed by atoms with van der Waals surface area (Å²) in [6.45, 7) is 0.371. The first-order valence-corrected chi connectivity index (χ1v) is 9.79. The number of carbonyl (C=O) groups excluding carboxylic acids is 1. The molecule has 0 aliphatic carbocycles. The zero-order valence-electron chi connectivity index (χ0n) is 16.0. The summed E-state index contributed by atoms with van der Waals surface area (Å²) in [7, 11) is 3.22. The number of methoxy groups -OCH3 is 2. The molecule has 0 saturated carbocycles. The number of rotatable bonds is 6. The van der Waals surface area contributed by atoms with Crippen LogP contribution in [0.15, 0.2) is 67.0 Å². The predicted molar refractivity (Wildman–Crippen MR) is 114 cm³/mol. The molecule has 4 aromatic rings. The molecule has 0 bridgehead atoms. The zero-order chi connectivity index (χ0) is 20.2. The standard InChI is InChI=1S/C22H19N3O3S/c1-27-17-7-5-16(6-8-17)21(26)25(14-15-4-3-11-23-13-15)22-24-19-12-18(28-2)9-10-20(19)29-22/h3-13H,14H2,1-2H3. The molecule has 0 saturated heterocycles. The van der Waals surface area contributed by atoms with Gasteiger partial charge in [-0.15, -0.1) is 0 Å². The molecule has 2 aromatic carbocycles. The Morgan fingerprint density at radius 3 is 2.48 bits per heavy atom. The molecule has 2 aromatic heterocycles. The fraction of sp³-hybridized carbons (Fsp3) is 0.136. The summed E-state index contributed by atoms with van der Waals surface area (Å²) in [4.78, 5) is 23.9. The molecule has 7 heteroatoms. The highest BCUT2D eigenvalue weighted by molar-refractivity contribution is 7.22. The molecule has 0 fully saturated rings. The maximum Gasteiger partial charge on any atom is 0.260 e. The molecule has 1 amide bonds. The highest BCUT2D eigenvalue weighted by Crippen LogP contribution is 2.33. The highest BCUT2D eigenvalue weighted by Gasteiger charge is 2.22. The van der Waals surface area contributed by atoms with Crippen LogP contribution >= 0.6 is 11.3 Å². The summed E-state index contributed by atoms with van der Waals surface area (Å²) in [6.07, 6.45) is 3.47. The lowest BCUT2D eigenvalue weighted by Crippen LogP contribution is -2.30. The number of carbonyl (C=O) groups is 1. The molecule has 0 spiro atoms. The van der Waals surface area contributed by atoms with Gasteiger partial charge in [0.05, 0.1) is 31.0 Å². The Hall–Kier alpha value is -3.45. The van der Waals surface area contributed by atoms with Crippen molar-refractivity contribution in [3.05, 3.63) is 78.1 Å². The van der Waals surface area contributed by atoms with Crippen LogP contribution in [0.3, 0.4) is 0 Å². The fourth-order valence-electron chi connectivity index (χ4n) is 2.93. The Balaban J connectivity index is 1.74. The van der Waals surface area contributed by atoms with Gasteiger partial charge in [-0.25, -0.2) is 4.98 Å². The van der Waals surface area contributed by atoms with Crippen LogP contribution in [0.4, 0.5) is 5.13 Å². The van der Waals surface area contributed by atoms with Crippen molar-refractivity contribution in [2.24, 2.45) is 0 Å². The van der Waals surface area contributed by atoms with Crippen LogP contribution in [0.5, 0.6) is 11.5 Å². The molecular formula is C22H19N3O3S. The van der Waals surface area contributed by atoms with E-state index in [0.717, 1.165) is 21.5 Å². The molecular weight excluding hydrogens is 386 g/mol. The molecule has 0 radical (unpaired) electrons. The van der Waals surface area contributed by atoms with Gasteiger partial charge in [-0.3, -0.25) is 14.7 Å². The summed E-state index contributed by atoms with van der Waals surface area (Å²) in [5.41, 5.74) is 2.28. The number of nitrogens with zero attached hydrogens (tertiary/aromatic N) is 3. The Labute approximate surface area is 172 Å². The molecule has 4 rings (SSSR count). The first kappa shape index (κ1) is 18.9.